The summed E-state index contributed by atoms with van der Waals surface area (Å²) >= 11 is 0. The monoisotopic (exact) mass is 318 g/mol. The van der Waals surface area contributed by atoms with Crippen molar-refractivity contribution >= 4 is 0 Å². The number of aromatic hydroxyl groups is 3. The van der Waals surface area contributed by atoms with E-state index in [2.05, 4.69) is 4.74 Å². The van der Waals surface area contributed by atoms with E-state index in [1.54, 1.807) is 0 Å². The van der Waals surface area contributed by atoms with Gasteiger partial charge in [0.05, 0.1) is 5.56 Å². The number of phenolic OH excluding ortho intramolecular Hbond substituents is 3. The van der Waals surface area contributed by atoms with Crippen LogP contribution >= 0.6 is 0 Å². The molecule has 0 spiro atoms. The van der Waals surface area contributed by atoms with Gasteiger partial charge < -0.3 is 20.1 Å². The van der Waals surface area contributed by atoms with Crippen molar-refractivity contribution in [3.05, 3.63) is 35.6 Å². The molecule has 2 aromatic carbocycles. The number of ether oxygens (including phenoxy) is 1. The number of aryl methyl sites for hydroxylation is 1. The fourth-order valence-electron chi connectivity index (χ4n) is 1.87. The molecule has 0 saturated heterocycles. The zero-order chi connectivity index (χ0) is 16.7. The van der Waals surface area contributed by atoms with Crippen molar-refractivity contribution in [3.63, 3.8) is 0 Å². The van der Waals surface area contributed by atoms with Gasteiger partial charge in [-0.15, -0.1) is 13.2 Å². The quantitative estimate of drug-likeness (QED) is 0.736. The number of rotatable bonds is 2. The summed E-state index contributed by atoms with van der Waals surface area (Å²) in [6, 6.07) is 4.11. The standard InChI is InChI=1S/C14H10F4O4/c1-6-2-3-7(4-8(6)15)11-9(19)5-10(20)13(12(11)21)22-14(16,17)18/h2-5,19-21H,1H3. The van der Waals surface area contributed by atoms with Gasteiger partial charge in [0.15, 0.2) is 11.5 Å². The van der Waals surface area contributed by atoms with E-state index in [0.717, 1.165) is 6.07 Å². The van der Waals surface area contributed by atoms with E-state index in [9.17, 15) is 32.9 Å². The summed E-state index contributed by atoms with van der Waals surface area (Å²) in [6.45, 7) is 1.47. The van der Waals surface area contributed by atoms with E-state index in [4.69, 9.17) is 0 Å². The Bertz CT molecular complexity index is 726. The molecular formula is C14H10F4O4. The maximum absolute atomic E-state index is 13.6. The number of phenols is 3. The molecule has 0 saturated carbocycles. The molecule has 3 N–H and O–H groups in total. The minimum Gasteiger partial charge on any atom is -0.507 e. The fraction of sp³-hybridized carbons (Fsp3) is 0.143. The van der Waals surface area contributed by atoms with Crippen molar-refractivity contribution < 1.29 is 37.6 Å². The highest BCUT2D eigenvalue weighted by molar-refractivity contribution is 5.81. The maximum atomic E-state index is 13.6. The lowest BCUT2D eigenvalue weighted by molar-refractivity contribution is -0.275. The predicted octanol–water partition coefficient (Wildman–Crippen LogP) is 3.82. The second-order valence-corrected chi connectivity index (χ2v) is 4.48. The van der Waals surface area contributed by atoms with Crippen LogP contribution in [0.4, 0.5) is 17.6 Å². The molecule has 0 radical (unpaired) electrons. The predicted molar refractivity (Wildman–Crippen MR) is 68.3 cm³/mol. The molecule has 4 nitrogen and oxygen atoms in total. The molecule has 22 heavy (non-hydrogen) atoms. The Morgan fingerprint density at radius 1 is 1.00 bits per heavy atom. The average Bonchev–Trinajstić information content (AvgIpc) is 2.37. The van der Waals surface area contributed by atoms with E-state index in [0.29, 0.717) is 6.07 Å². The van der Waals surface area contributed by atoms with Crippen LogP contribution in [0.5, 0.6) is 23.0 Å². The smallest absolute Gasteiger partial charge is 0.507 e. The van der Waals surface area contributed by atoms with Gasteiger partial charge in [0, 0.05) is 6.07 Å². The number of hydrogen-bond acceptors (Lipinski definition) is 4. The number of alkyl halides is 3. The van der Waals surface area contributed by atoms with E-state index >= 15 is 0 Å². The Morgan fingerprint density at radius 2 is 1.64 bits per heavy atom. The Hall–Kier alpha value is -2.64. The van der Waals surface area contributed by atoms with Crippen LogP contribution in [0, 0.1) is 12.7 Å². The van der Waals surface area contributed by atoms with Crippen molar-refractivity contribution in [1.82, 2.24) is 0 Å². The third-order valence-electron chi connectivity index (χ3n) is 2.89. The molecule has 2 rings (SSSR count). The van der Waals surface area contributed by atoms with Gasteiger partial charge in [-0.1, -0.05) is 12.1 Å². The summed E-state index contributed by atoms with van der Waals surface area (Å²) in [5, 5.41) is 29.0. The molecule has 0 aliphatic carbocycles. The first-order chi connectivity index (χ1) is 10.1. The summed E-state index contributed by atoms with van der Waals surface area (Å²) in [5.74, 6) is -4.95. The van der Waals surface area contributed by atoms with Gasteiger partial charge in [-0.25, -0.2) is 4.39 Å². The van der Waals surface area contributed by atoms with Crippen molar-refractivity contribution in [2.24, 2.45) is 0 Å². The fourth-order valence-corrected chi connectivity index (χ4v) is 1.87. The molecule has 8 heteroatoms. The van der Waals surface area contributed by atoms with Crippen LogP contribution < -0.4 is 4.74 Å². The Kier molecular flexibility index (Phi) is 3.78. The summed E-state index contributed by atoms with van der Waals surface area (Å²) in [6.07, 6.45) is -5.16. The number of halogens is 4. The highest BCUT2D eigenvalue weighted by atomic mass is 19.4. The zero-order valence-corrected chi connectivity index (χ0v) is 11.1. The van der Waals surface area contributed by atoms with E-state index < -0.39 is 40.7 Å². The van der Waals surface area contributed by atoms with E-state index in [-0.39, 0.29) is 11.1 Å². The summed E-state index contributed by atoms with van der Waals surface area (Å²) in [5.41, 5.74) is -0.297. The Labute approximate surface area is 121 Å². The molecule has 0 aromatic heterocycles. The molecule has 118 valence electrons. The third kappa shape index (κ3) is 3.00. The lowest BCUT2D eigenvalue weighted by Crippen LogP contribution is -2.17. The van der Waals surface area contributed by atoms with Crippen LogP contribution in [0.3, 0.4) is 0 Å². The first kappa shape index (κ1) is 15.7. The first-order valence-corrected chi connectivity index (χ1v) is 5.90. The van der Waals surface area contributed by atoms with Gasteiger partial charge in [0.2, 0.25) is 5.75 Å². The Balaban J connectivity index is 2.65. The SMILES string of the molecule is Cc1ccc(-c2c(O)cc(O)c(OC(F)(F)F)c2O)cc1F. The minimum atomic E-state index is -5.16. The van der Waals surface area contributed by atoms with Gasteiger partial charge in [0.25, 0.3) is 0 Å². The number of hydrogen-bond donors (Lipinski definition) is 3. The molecular weight excluding hydrogens is 308 g/mol. The molecule has 0 fully saturated rings. The topological polar surface area (TPSA) is 69.9 Å². The van der Waals surface area contributed by atoms with Crippen molar-refractivity contribution in [2.75, 3.05) is 0 Å². The van der Waals surface area contributed by atoms with Crippen molar-refractivity contribution in [3.8, 4) is 34.1 Å². The molecule has 0 bridgehead atoms. The third-order valence-corrected chi connectivity index (χ3v) is 2.89. The maximum Gasteiger partial charge on any atom is 0.573 e. The Morgan fingerprint density at radius 3 is 2.18 bits per heavy atom. The molecule has 0 atom stereocenters. The second kappa shape index (κ2) is 5.28. The molecule has 0 unspecified atom stereocenters. The second-order valence-electron chi connectivity index (χ2n) is 4.48. The number of benzene rings is 2. The summed E-state index contributed by atoms with van der Waals surface area (Å²) in [4.78, 5) is 0. The summed E-state index contributed by atoms with van der Waals surface area (Å²) in [7, 11) is 0. The normalized spacial score (nSPS) is 11.5. The molecule has 0 aliphatic heterocycles. The van der Waals surface area contributed by atoms with Gasteiger partial charge >= 0.3 is 6.36 Å². The lowest BCUT2D eigenvalue weighted by Gasteiger charge is -2.16. The van der Waals surface area contributed by atoms with Crippen LogP contribution in [0.15, 0.2) is 24.3 Å². The zero-order valence-electron chi connectivity index (χ0n) is 11.1. The highest BCUT2D eigenvalue weighted by Crippen LogP contribution is 2.50. The van der Waals surface area contributed by atoms with E-state index in [1.165, 1.54) is 19.1 Å². The molecule has 0 aliphatic rings. The van der Waals surface area contributed by atoms with E-state index in [1.807, 2.05) is 0 Å². The van der Waals surface area contributed by atoms with Crippen LogP contribution in [0.1, 0.15) is 5.56 Å². The molecule has 0 amide bonds. The molecule has 2 aromatic rings. The van der Waals surface area contributed by atoms with Crippen molar-refractivity contribution in [1.29, 1.82) is 0 Å². The minimum absolute atomic E-state index is 0.0786. The van der Waals surface area contributed by atoms with Crippen LogP contribution in [-0.2, 0) is 0 Å². The summed E-state index contributed by atoms with van der Waals surface area (Å²) < 4.78 is 53.9. The van der Waals surface area contributed by atoms with Crippen LogP contribution in [-0.4, -0.2) is 21.7 Å². The van der Waals surface area contributed by atoms with Gasteiger partial charge in [-0.2, -0.15) is 0 Å². The van der Waals surface area contributed by atoms with Crippen LogP contribution in [0.25, 0.3) is 11.1 Å². The lowest BCUT2D eigenvalue weighted by atomic mass is 10.0. The first-order valence-electron chi connectivity index (χ1n) is 5.90. The van der Waals surface area contributed by atoms with Gasteiger partial charge in [-0.3, -0.25) is 0 Å². The average molecular weight is 318 g/mol. The van der Waals surface area contributed by atoms with Crippen LogP contribution in [0.2, 0.25) is 0 Å². The van der Waals surface area contributed by atoms with Crippen molar-refractivity contribution in [2.45, 2.75) is 13.3 Å². The molecule has 0 heterocycles. The van der Waals surface area contributed by atoms with Gasteiger partial charge in [-0.05, 0) is 24.1 Å². The highest BCUT2D eigenvalue weighted by Gasteiger charge is 2.35. The largest absolute Gasteiger partial charge is 0.573 e. The van der Waals surface area contributed by atoms with Gasteiger partial charge in [0.1, 0.15) is 11.6 Å².